The number of anilines is 1. The van der Waals surface area contributed by atoms with Gasteiger partial charge in [-0.15, -0.1) is 5.10 Å². The highest BCUT2D eigenvalue weighted by Gasteiger charge is 2.18. The van der Waals surface area contributed by atoms with Crippen molar-refractivity contribution < 1.29 is 0 Å². The Labute approximate surface area is 96.1 Å². The van der Waals surface area contributed by atoms with E-state index in [1.807, 2.05) is 13.8 Å². The third-order valence-corrected chi connectivity index (χ3v) is 3.05. The van der Waals surface area contributed by atoms with E-state index in [9.17, 15) is 0 Å². The highest BCUT2D eigenvalue weighted by molar-refractivity contribution is 5.26. The van der Waals surface area contributed by atoms with Crippen LogP contribution < -0.4 is 10.6 Å². The summed E-state index contributed by atoms with van der Waals surface area (Å²) in [5.41, 5.74) is 1.84. The van der Waals surface area contributed by atoms with E-state index >= 15 is 0 Å². The van der Waals surface area contributed by atoms with Gasteiger partial charge in [0.25, 0.3) is 0 Å². The molecule has 1 saturated heterocycles. The number of hydrogen-bond acceptors (Lipinski definition) is 5. The fourth-order valence-electron chi connectivity index (χ4n) is 1.96. The van der Waals surface area contributed by atoms with Crippen molar-refractivity contribution in [2.24, 2.45) is 0 Å². The molecule has 2 heterocycles. The van der Waals surface area contributed by atoms with Gasteiger partial charge in [0.15, 0.2) is 0 Å². The maximum Gasteiger partial charge on any atom is 0.243 e. The fourth-order valence-corrected chi connectivity index (χ4v) is 1.96. The van der Waals surface area contributed by atoms with Gasteiger partial charge in [-0.1, -0.05) is 0 Å². The van der Waals surface area contributed by atoms with E-state index in [1.165, 1.54) is 0 Å². The third kappa shape index (κ3) is 2.66. The Morgan fingerprint density at radius 1 is 1.25 bits per heavy atom. The number of aryl methyl sites for hydroxylation is 2. The lowest BCUT2D eigenvalue weighted by atomic mass is 10.0. The summed E-state index contributed by atoms with van der Waals surface area (Å²) >= 11 is 0. The minimum Gasteiger partial charge on any atom is -0.350 e. The summed E-state index contributed by atoms with van der Waals surface area (Å²) in [5, 5.41) is 14.9. The largest absolute Gasteiger partial charge is 0.350 e. The lowest BCUT2D eigenvalue weighted by Gasteiger charge is -2.28. The molecule has 0 bridgehead atoms. The van der Waals surface area contributed by atoms with Gasteiger partial charge in [0.05, 0.1) is 11.4 Å². The molecule has 1 aliphatic heterocycles. The first-order chi connectivity index (χ1) is 7.65. The molecule has 2 atom stereocenters. The van der Waals surface area contributed by atoms with Crippen LogP contribution in [-0.2, 0) is 0 Å². The molecule has 2 rings (SSSR count). The minimum atomic E-state index is 0.458. The first-order valence-electron chi connectivity index (χ1n) is 5.83. The minimum absolute atomic E-state index is 0.458. The SMILES string of the molecule is Cc1nnc(NC2CCNC(C)C2)nc1C. The molecule has 0 saturated carbocycles. The Hall–Kier alpha value is -1.23. The molecule has 5 heteroatoms. The Kier molecular flexibility index (Phi) is 3.33. The molecule has 2 N–H and O–H groups in total. The molecule has 1 aromatic heterocycles. The zero-order valence-corrected chi connectivity index (χ0v) is 10.1. The molecular weight excluding hydrogens is 202 g/mol. The van der Waals surface area contributed by atoms with Crippen LogP contribution in [0.1, 0.15) is 31.2 Å². The van der Waals surface area contributed by atoms with E-state index in [0.717, 1.165) is 30.8 Å². The van der Waals surface area contributed by atoms with Crippen LogP contribution in [-0.4, -0.2) is 33.8 Å². The maximum atomic E-state index is 4.39. The Bertz CT molecular complexity index is 365. The monoisotopic (exact) mass is 221 g/mol. The average Bonchev–Trinajstić information content (AvgIpc) is 2.24. The third-order valence-electron chi connectivity index (χ3n) is 3.05. The van der Waals surface area contributed by atoms with Gasteiger partial charge in [-0.25, -0.2) is 4.98 Å². The van der Waals surface area contributed by atoms with Crippen molar-refractivity contribution in [2.45, 2.75) is 45.7 Å². The van der Waals surface area contributed by atoms with Crippen LogP contribution in [0, 0.1) is 13.8 Å². The summed E-state index contributed by atoms with van der Waals surface area (Å²) in [4.78, 5) is 4.39. The first-order valence-corrected chi connectivity index (χ1v) is 5.83. The molecule has 0 aliphatic carbocycles. The molecule has 0 radical (unpaired) electrons. The van der Waals surface area contributed by atoms with Gasteiger partial charge < -0.3 is 10.6 Å². The molecule has 1 aromatic rings. The van der Waals surface area contributed by atoms with E-state index in [0.29, 0.717) is 18.0 Å². The number of nitrogens with one attached hydrogen (secondary N) is 2. The van der Waals surface area contributed by atoms with Gasteiger partial charge >= 0.3 is 0 Å². The Balaban J connectivity index is 2.00. The van der Waals surface area contributed by atoms with Crippen molar-refractivity contribution in [1.82, 2.24) is 20.5 Å². The number of piperidine rings is 1. The van der Waals surface area contributed by atoms with E-state index in [1.54, 1.807) is 0 Å². The number of rotatable bonds is 2. The molecule has 0 amide bonds. The van der Waals surface area contributed by atoms with E-state index < -0.39 is 0 Å². The fraction of sp³-hybridized carbons (Fsp3) is 0.727. The molecule has 1 fully saturated rings. The van der Waals surface area contributed by atoms with Crippen LogP contribution in [0.4, 0.5) is 5.95 Å². The van der Waals surface area contributed by atoms with Crippen LogP contribution in [0.3, 0.4) is 0 Å². The zero-order valence-electron chi connectivity index (χ0n) is 10.1. The molecule has 88 valence electrons. The van der Waals surface area contributed by atoms with Crippen molar-refractivity contribution in [2.75, 3.05) is 11.9 Å². The van der Waals surface area contributed by atoms with E-state index in [-0.39, 0.29) is 0 Å². The Morgan fingerprint density at radius 2 is 2.06 bits per heavy atom. The van der Waals surface area contributed by atoms with Crippen molar-refractivity contribution in [3.63, 3.8) is 0 Å². The zero-order chi connectivity index (χ0) is 11.5. The molecule has 5 nitrogen and oxygen atoms in total. The number of aromatic nitrogens is 3. The lowest BCUT2D eigenvalue weighted by Crippen LogP contribution is -2.41. The molecule has 2 unspecified atom stereocenters. The molecule has 1 aliphatic rings. The predicted octanol–water partition coefficient (Wildman–Crippen LogP) is 1.04. The lowest BCUT2D eigenvalue weighted by molar-refractivity contribution is 0.395. The number of hydrogen-bond donors (Lipinski definition) is 2. The molecule has 0 spiro atoms. The summed E-state index contributed by atoms with van der Waals surface area (Å²) in [6.45, 7) is 7.14. The van der Waals surface area contributed by atoms with Gasteiger partial charge in [-0.3, -0.25) is 0 Å². The van der Waals surface area contributed by atoms with Gasteiger partial charge in [0, 0.05) is 12.1 Å². The Morgan fingerprint density at radius 3 is 2.75 bits per heavy atom. The second kappa shape index (κ2) is 4.74. The standard InChI is InChI=1S/C11H19N5/c1-7-6-10(4-5-12-7)14-11-13-8(2)9(3)15-16-11/h7,10,12H,4-6H2,1-3H3,(H,13,14,16). The van der Waals surface area contributed by atoms with Crippen LogP contribution >= 0.6 is 0 Å². The highest BCUT2D eigenvalue weighted by atomic mass is 15.2. The predicted molar refractivity (Wildman–Crippen MR) is 63.4 cm³/mol. The second-order valence-corrected chi connectivity index (χ2v) is 4.53. The first kappa shape index (κ1) is 11.3. The molecular formula is C11H19N5. The number of nitrogens with zero attached hydrogens (tertiary/aromatic N) is 3. The van der Waals surface area contributed by atoms with Gasteiger partial charge in [0.2, 0.25) is 5.95 Å². The van der Waals surface area contributed by atoms with Gasteiger partial charge in [-0.05, 0) is 40.2 Å². The summed E-state index contributed by atoms with van der Waals surface area (Å²) in [5.74, 6) is 0.655. The maximum absolute atomic E-state index is 4.39. The quantitative estimate of drug-likeness (QED) is 0.781. The smallest absolute Gasteiger partial charge is 0.243 e. The summed E-state index contributed by atoms with van der Waals surface area (Å²) in [7, 11) is 0. The normalized spacial score (nSPS) is 25.4. The highest BCUT2D eigenvalue weighted by Crippen LogP contribution is 2.12. The second-order valence-electron chi connectivity index (χ2n) is 4.53. The topological polar surface area (TPSA) is 62.7 Å². The summed E-state index contributed by atoms with van der Waals surface area (Å²) < 4.78 is 0. The molecule has 16 heavy (non-hydrogen) atoms. The van der Waals surface area contributed by atoms with Crippen LogP contribution in [0.15, 0.2) is 0 Å². The van der Waals surface area contributed by atoms with Gasteiger partial charge in [0.1, 0.15) is 0 Å². The van der Waals surface area contributed by atoms with Crippen LogP contribution in [0.2, 0.25) is 0 Å². The van der Waals surface area contributed by atoms with Crippen molar-refractivity contribution >= 4 is 5.95 Å². The molecule has 0 aromatic carbocycles. The van der Waals surface area contributed by atoms with E-state index in [2.05, 4.69) is 32.7 Å². The average molecular weight is 221 g/mol. The van der Waals surface area contributed by atoms with Gasteiger partial charge in [-0.2, -0.15) is 5.10 Å². The van der Waals surface area contributed by atoms with E-state index in [4.69, 9.17) is 0 Å². The summed E-state index contributed by atoms with van der Waals surface area (Å²) in [6, 6.07) is 1.02. The van der Waals surface area contributed by atoms with Crippen LogP contribution in [0.25, 0.3) is 0 Å². The van der Waals surface area contributed by atoms with Crippen LogP contribution in [0.5, 0.6) is 0 Å². The van der Waals surface area contributed by atoms with Crippen molar-refractivity contribution in [3.8, 4) is 0 Å². The van der Waals surface area contributed by atoms with Crippen molar-refractivity contribution in [3.05, 3.63) is 11.4 Å². The summed E-state index contributed by atoms with van der Waals surface area (Å²) in [6.07, 6.45) is 2.22. The van der Waals surface area contributed by atoms with Crippen molar-refractivity contribution in [1.29, 1.82) is 0 Å².